The van der Waals surface area contributed by atoms with E-state index in [1.807, 2.05) is 71.1 Å². The number of hydrogen-bond donors (Lipinski definition) is 1. The van der Waals surface area contributed by atoms with Crippen LogP contribution in [0.1, 0.15) is 41.5 Å². The van der Waals surface area contributed by atoms with Gasteiger partial charge in [-0.2, -0.15) is 0 Å². The second kappa shape index (κ2) is 12.6. The van der Waals surface area contributed by atoms with Gasteiger partial charge < -0.3 is 19.5 Å². The van der Waals surface area contributed by atoms with E-state index in [2.05, 4.69) is 10.2 Å². The van der Waals surface area contributed by atoms with Gasteiger partial charge in [-0.05, 0) is 69.1 Å². The van der Waals surface area contributed by atoms with Crippen LogP contribution in [0.3, 0.4) is 0 Å². The minimum absolute atomic E-state index is 0.0484. The summed E-state index contributed by atoms with van der Waals surface area (Å²) in [6, 6.07) is 11.9. The minimum atomic E-state index is -0.262. The number of esters is 1. The number of benzene rings is 2. The van der Waals surface area contributed by atoms with Crippen molar-refractivity contribution in [1.82, 2.24) is 10.2 Å². The lowest BCUT2D eigenvalue weighted by atomic mass is 10.1. The smallest absolute Gasteiger partial charge is 0.309 e. The first kappa shape index (κ1) is 26.5. The third-order valence-corrected chi connectivity index (χ3v) is 6.74. The standard InChI is InChI=1S/C28H38N2O5/c1-19-8-6-10-25(21(19)3)33-14-12-27(31)29-17-23-16-24(18-30(23)5)35-28(32)13-15-34-26-11-7-9-20(2)22(26)4/h6-11,23-24H,12-18H2,1-5H3,(H,29,31)/t23-,24+/m0/s1. The molecule has 2 aromatic carbocycles. The molecule has 35 heavy (non-hydrogen) atoms. The van der Waals surface area contributed by atoms with Crippen LogP contribution in [0.5, 0.6) is 11.5 Å². The maximum Gasteiger partial charge on any atom is 0.309 e. The second-order valence-electron chi connectivity index (χ2n) is 9.34. The molecule has 0 unspecified atom stereocenters. The molecule has 0 aliphatic carbocycles. The van der Waals surface area contributed by atoms with Crippen molar-refractivity contribution in [3.63, 3.8) is 0 Å². The van der Waals surface area contributed by atoms with Gasteiger partial charge in [-0.25, -0.2) is 0 Å². The normalized spacial score (nSPS) is 17.7. The number of likely N-dealkylation sites (tertiary alicyclic amines) is 1. The number of hydrogen-bond acceptors (Lipinski definition) is 6. The van der Waals surface area contributed by atoms with Gasteiger partial charge in [-0.15, -0.1) is 0 Å². The van der Waals surface area contributed by atoms with Crippen molar-refractivity contribution in [3.05, 3.63) is 58.7 Å². The Balaban J connectivity index is 1.32. The van der Waals surface area contributed by atoms with Crippen LogP contribution in [-0.4, -0.2) is 62.3 Å². The van der Waals surface area contributed by atoms with Gasteiger partial charge in [-0.3, -0.25) is 14.5 Å². The van der Waals surface area contributed by atoms with Gasteiger partial charge in [0.15, 0.2) is 0 Å². The molecule has 2 aromatic rings. The van der Waals surface area contributed by atoms with Crippen molar-refractivity contribution < 1.29 is 23.8 Å². The molecular weight excluding hydrogens is 444 g/mol. The third-order valence-electron chi connectivity index (χ3n) is 6.74. The maximum absolute atomic E-state index is 12.3. The van der Waals surface area contributed by atoms with E-state index < -0.39 is 0 Å². The number of nitrogens with one attached hydrogen (secondary N) is 1. The Bertz CT molecular complexity index is 1020. The third kappa shape index (κ3) is 7.72. The summed E-state index contributed by atoms with van der Waals surface area (Å²) in [4.78, 5) is 26.7. The summed E-state index contributed by atoms with van der Waals surface area (Å²) in [6.45, 7) is 9.89. The number of ether oxygens (including phenoxy) is 3. The Hall–Kier alpha value is -3.06. The first-order valence-corrected chi connectivity index (χ1v) is 12.3. The van der Waals surface area contributed by atoms with Crippen LogP contribution in [0, 0.1) is 27.7 Å². The topological polar surface area (TPSA) is 77.1 Å². The summed E-state index contributed by atoms with van der Waals surface area (Å²) in [5, 5.41) is 2.98. The summed E-state index contributed by atoms with van der Waals surface area (Å²) in [7, 11) is 1.98. The monoisotopic (exact) mass is 482 g/mol. The van der Waals surface area contributed by atoms with Crippen LogP contribution < -0.4 is 14.8 Å². The van der Waals surface area contributed by atoms with Crippen molar-refractivity contribution in [2.24, 2.45) is 0 Å². The van der Waals surface area contributed by atoms with Gasteiger partial charge in [0.05, 0.1) is 26.1 Å². The zero-order valence-electron chi connectivity index (χ0n) is 21.6. The molecule has 7 heteroatoms. The quantitative estimate of drug-likeness (QED) is 0.490. The lowest BCUT2D eigenvalue weighted by Gasteiger charge is -2.19. The van der Waals surface area contributed by atoms with Gasteiger partial charge in [0, 0.05) is 25.6 Å². The highest BCUT2D eigenvalue weighted by atomic mass is 16.5. The number of rotatable bonds is 11. The lowest BCUT2D eigenvalue weighted by molar-refractivity contribution is -0.149. The van der Waals surface area contributed by atoms with E-state index in [9.17, 15) is 9.59 Å². The van der Waals surface area contributed by atoms with Crippen LogP contribution in [0.25, 0.3) is 0 Å². The van der Waals surface area contributed by atoms with E-state index in [4.69, 9.17) is 14.2 Å². The first-order valence-electron chi connectivity index (χ1n) is 12.3. The number of amides is 1. The molecule has 1 aliphatic heterocycles. The Labute approximate surface area is 208 Å². The highest BCUT2D eigenvalue weighted by Gasteiger charge is 2.32. The van der Waals surface area contributed by atoms with Crippen LogP contribution >= 0.6 is 0 Å². The maximum atomic E-state index is 12.3. The number of carbonyl (C=O) groups is 2. The molecule has 1 heterocycles. The van der Waals surface area contributed by atoms with E-state index in [0.29, 0.717) is 32.5 Å². The van der Waals surface area contributed by atoms with Gasteiger partial charge in [0.2, 0.25) is 5.91 Å². The SMILES string of the molecule is Cc1cccc(OCCC(=O)NC[C@@H]2C[C@@H](OC(=O)CCOc3cccc(C)c3C)CN2C)c1C. The summed E-state index contributed by atoms with van der Waals surface area (Å²) in [5.41, 5.74) is 4.50. The van der Waals surface area contributed by atoms with E-state index in [0.717, 1.165) is 28.2 Å². The van der Waals surface area contributed by atoms with E-state index in [-0.39, 0.29) is 37.0 Å². The summed E-state index contributed by atoms with van der Waals surface area (Å²) < 4.78 is 17.2. The van der Waals surface area contributed by atoms with Crippen molar-refractivity contribution in [1.29, 1.82) is 0 Å². The Morgan fingerprint density at radius 1 is 0.914 bits per heavy atom. The van der Waals surface area contributed by atoms with E-state index in [1.54, 1.807) is 0 Å². The molecule has 0 bridgehead atoms. The highest BCUT2D eigenvalue weighted by Crippen LogP contribution is 2.22. The zero-order chi connectivity index (χ0) is 25.4. The highest BCUT2D eigenvalue weighted by molar-refractivity contribution is 5.76. The van der Waals surface area contributed by atoms with Crippen molar-refractivity contribution in [2.75, 3.05) is 33.4 Å². The summed E-state index contributed by atoms with van der Waals surface area (Å²) in [6.07, 6.45) is 1.01. The van der Waals surface area contributed by atoms with E-state index >= 15 is 0 Å². The largest absolute Gasteiger partial charge is 0.493 e. The molecule has 1 amide bonds. The van der Waals surface area contributed by atoms with Gasteiger partial charge in [0.25, 0.3) is 0 Å². The number of likely N-dealkylation sites (N-methyl/N-ethyl adjacent to an activating group) is 1. The van der Waals surface area contributed by atoms with Crippen molar-refractivity contribution >= 4 is 11.9 Å². The number of nitrogens with zero attached hydrogens (tertiary/aromatic N) is 1. The molecule has 3 rings (SSSR count). The number of carbonyl (C=O) groups excluding carboxylic acids is 2. The fourth-order valence-electron chi connectivity index (χ4n) is 4.18. The average molecular weight is 483 g/mol. The lowest BCUT2D eigenvalue weighted by Crippen LogP contribution is -2.38. The fourth-order valence-corrected chi connectivity index (χ4v) is 4.18. The zero-order valence-corrected chi connectivity index (χ0v) is 21.6. The van der Waals surface area contributed by atoms with Crippen LogP contribution in [0.2, 0.25) is 0 Å². The molecule has 1 N–H and O–H groups in total. The Morgan fingerprint density at radius 3 is 2.09 bits per heavy atom. The molecule has 1 saturated heterocycles. The van der Waals surface area contributed by atoms with Gasteiger partial charge in [0.1, 0.15) is 17.6 Å². The van der Waals surface area contributed by atoms with Crippen LogP contribution in [0.4, 0.5) is 0 Å². The van der Waals surface area contributed by atoms with Crippen molar-refractivity contribution in [3.8, 4) is 11.5 Å². The average Bonchev–Trinajstić information content (AvgIpc) is 3.16. The molecule has 1 fully saturated rings. The summed E-state index contributed by atoms with van der Waals surface area (Å²) in [5.74, 6) is 1.31. The van der Waals surface area contributed by atoms with E-state index in [1.165, 1.54) is 5.56 Å². The summed E-state index contributed by atoms with van der Waals surface area (Å²) >= 11 is 0. The second-order valence-corrected chi connectivity index (χ2v) is 9.34. The van der Waals surface area contributed by atoms with Crippen LogP contribution in [0.15, 0.2) is 36.4 Å². The molecule has 190 valence electrons. The molecular formula is C28H38N2O5. The number of aryl methyl sites for hydroxylation is 2. The molecule has 7 nitrogen and oxygen atoms in total. The molecule has 0 radical (unpaired) electrons. The molecule has 0 aromatic heterocycles. The fraction of sp³-hybridized carbons (Fsp3) is 0.500. The molecule has 0 saturated carbocycles. The Morgan fingerprint density at radius 2 is 1.49 bits per heavy atom. The molecule has 1 aliphatic rings. The predicted octanol–water partition coefficient (Wildman–Crippen LogP) is 3.89. The van der Waals surface area contributed by atoms with Gasteiger partial charge in [-0.1, -0.05) is 24.3 Å². The van der Waals surface area contributed by atoms with Crippen LogP contribution in [-0.2, 0) is 14.3 Å². The molecule has 2 atom stereocenters. The first-order chi connectivity index (χ1) is 16.7. The van der Waals surface area contributed by atoms with Gasteiger partial charge >= 0.3 is 5.97 Å². The predicted molar refractivity (Wildman–Crippen MR) is 136 cm³/mol. The van der Waals surface area contributed by atoms with Crippen molar-refractivity contribution in [2.45, 2.75) is 59.1 Å². The minimum Gasteiger partial charge on any atom is -0.493 e. The molecule has 0 spiro atoms. The Kier molecular flexibility index (Phi) is 9.55.